The van der Waals surface area contributed by atoms with E-state index in [4.69, 9.17) is 5.11 Å². The summed E-state index contributed by atoms with van der Waals surface area (Å²) in [6.07, 6.45) is -2.39. The minimum Gasteiger partial charge on any atom is -0.480 e. The molecule has 0 aromatic carbocycles. The summed E-state index contributed by atoms with van der Waals surface area (Å²) in [5.74, 6) is -2.52. The van der Waals surface area contributed by atoms with Crippen LogP contribution in [0.3, 0.4) is 0 Å². The van der Waals surface area contributed by atoms with E-state index in [-0.39, 0.29) is 4.90 Å². The van der Waals surface area contributed by atoms with Crippen molar-refractivity contribution >= 4 is 11.9 Å². The molecule has 19 heavy (non-hydrogen) atoms. The molecule has 0 saturated carbocycles. The molecule has 0 aliphatic carbocycles. The molecule has 7 nitrogen and oxygen atoms in total. The molecular formula is C9H11F3N4O3. The Balaban J connectivity index is 2.84. The van der Waals surface area contributed by atoms with E-state index in [1.807, 2.05) is 0 Å². The highest BCUT2D eigenvalue weighted by atomic mass is 19.4. The summed E-state index contributed by atoms with van der Waals surface area (Å²) >= 11 is 0. The second-order valence-electron chi connectivity index (χ2n) is 3.75. The Morgan fingerprint density at radius 1 is 1.47 bits per heavy atom. The fourth-order valence-corrected chi connectivity index (χ4v) is 1.39. The van der Waals surface area contributed by atoms with Gasteiger partial charge in [-0.15, -0.1) is 0 Å². The Morgan fingerprint density at radius 3 is 2.53 bits per heavy atom. The maximum Gasteiger partial charge on any atom is 0.406 e. The van der Waals surface area contributed by atoms with Crippen LogP contribution in [0.25, 0.3) is 0 Å². The number of carboxylic acids is 1. The summed E-state index contributed by atoms with van der Waals surface area (Å²) in [5.41, 5.74) is 0. The number of carbonyl (C=O) groups is 2. The van der Waals surface area contributed by atoms with Crippen molar-refractivity contribution in [3.63, 3.8) is 0 Å². The largest absolute Gasteiger partial charge is 0.480 e. The van der Waals surface area contributed by atoms with E-state index < -0.39 is 37.2 Å². The number of alkyl halides is 3. The van der Waals surface area contributed by atoms with Crippen molar-refractivity contribution in [2.75, 3.05) is 13.1 Å². The molecule has 106 valence electrons. The van der Waals surface area contributed by atoms with Crippen molar-refractivity contribution in [2.24, 2.45) is 0 Å². The van der Waals surface area contributed by atoms with E-state index in [2.05, 4.69) is 10.1 Å². The van der Waals surface area contributed by atoms with Gasteiger partial charge < -0.3 is 10.0 Å². The average molecular weight is 280 g/mol. The number of carbonyl (C=O) groups excluding carboxylic acids is 1. The lowest BCUT2D eigenvalue weighted by molar-refractivity contribution is -0.167. The van der Waals surface area contributed by atoms with Crippen LogP contribution in [0, 0.1) is 0 Å². The molecule has 1 atom stereocenters. The maximum absolute atomic E-state index is 12.3. The lowest BCUT2D eigenvalue weighted by Crippen LogP contribution is -2.44. The summed E-state index contributed by atoms with van der Waals surface area (Å²) in [6.45, 7) is -1.35. The zero-order chi connectivity index (χ0) is 14.6. The number of amides is 1. The van der Waals surface area contributed by atoms with Crippen molar-refractivity contribution in [1.82, 2.24) is 19.7 Å². The van der Waals surface area contributed by atoms with Crippen LogP contribution in [0.1, 0.15) is 13.0 Å². The molecule has 0 aliphatic rings. The van der Waals surface area contributed by atoms with Crippen molar-refractivity contribution in [3.05, 3.63) is 12.7 Å². The normalized spacial score (nSPS) is 13.1. The summed E-state index contributed by atoms with van der Waals surface area (Å²) in [5, 5.41) is 12.2. The van der Waals surface area contributed by atoms with Gasteiger partial charge in [-0.2, -0.15) is 18.3 Å². The summed E-state index contributed by atoms with van der Waals surface area (Å²) in [4.78, 5) is 26.1. The highest BCUT2D eigenvalue weighted by Gasteiger charge is 2.35. The molecule has 1 heterocycles. The van der Waals surface area contributed by atoms with Gasteiger partial charge in [-0.05, 0) is 6.92 Å². The van der Waals surface area contributed by atoms with Gasteiger partial charge in [0.15, 0.2) is 0 Å². The highest BCUT2D eigenvalue weighted by Crippen LogP contribution is 2.18. The minimum atomic E-state index is -4.67. The third-order valence-corrected chi connectivity index (χ3v) is 2.20. The van der Waals surface area contributed by atoms with E-state index in [1.165, 1.54) is 6.92 Å². The van der Waals surface area contributed by atoms with Gasteiger partial charge in [-0.3, -0.25) is 9.59 Å². The summed E-state index contributed by atoms with van der Waals surface area (Å²) in [7, 11) is 0. The van der Waals surface area contributed by atoms with Crippen LogP contribution in [-0.4, -0.2) is 55.9 Å². The Kier molecular flexibility index (Phi) is 4.46. The molecule has 1 rings (SSSR count). The predicted molar refractivity (Wildman–Crippen MR) is 55.0 cm³/mol. The van der Waals surface area contributed by atoms with Gasteiger partial charge in [-0.1, -0.05) is 0 Å². The molecule has 0 spiro atoms. The number of aromatic nitrogens is 3. The van der Waals surface area contributed by atoms with E-state index in [0.29, 0.717) is 0 Å². The fourth-order valence-electron chi connectivity index (χ4n) is 1.39. The number of carboxylic acid groups (broad SMARTS) is 1. The first-order valence-electron chi connectivity index (χ1n) is 5.12. The first-order chi connectivity index (χ1) is 8.70. The Hall–Kier alpha value is -2.13. The van der Waals surface area contributed by atoms with Crippen LogP contribution < -0.4 is 0 Å². The number of aliphatic carboxylic acids is 1. The predicted octanol–water partition coefficient (Wildman–Crippen LogP) is 0.315. The van der Waals surface area contributed by atoms with Gasteiger partial charge in [0.05, 0.1) is 0 Å². The zero-order valence-corrected chi connectivity index (χ0v) is 9.83. The molecule has 10 heteroatoms. The number of nitrogens with zero attached hydrogens (tertiary/aromatic N) is 4. The minimum absolute atomic E-state index is 0.217. The maximum atomic E-state index is 12.3. The molecule has 1 aromatic heterocycles. The van der Waals surface area contributed by atoms with Crippen LogP contribution in [-0.2, 0) is 9.59 Å². The second kappa shape index (κ2) is 5.67. The third-order valence-electron chi connectivity index (χ3n) is 2.20. The standard InChI is InChI=1S/C9H11F3N4O3/c1-6(16-5-13-4-14-16)8(19)15(2-7(17)18)3-9(10,11)12/h4-6H,2-3H2,1H3,(H,17,18). The van der Waals surface area contributed by atoms with E-state index >= 15 is 0 Å². The van der Waals surface area contributed by atoms with Crippen LogP contribution >= 0.6 is 0 Å². The number of rotatable bonds is 5. The first kappa shape index (κ1) is 14.9. The fraction of sp³-hybridized carbons (Fsp3) is 0.556. The summed E-state index contributed by atoms with van der Waals surface area (Å²) < 4.78 is 38.0. The van der Waals surface area contributed by atoms with E-state index in [0.717, 1.165) is 17.3 Å². The molecular weight excluding hydrogens is 269 g/mol. The van der Waals surface area contributed by atoms with E-state index in [1.54, 1.807) is 0 Å². The van der Waals surface area contributed by atoms with Crippen molar-refractivity contribution in [2.45, 2.75) is 19.1 Å². The molecule has 0 aliphatic heterocycles. The van der Waals surface area contributed by atoms with Crippen molar-refractivity contribution in [3.8, 4) is 0 Å². The second-order valence-corrected chi connectivity index (χ2v) is 3.75. The van der Waals surface area contributed by atoms with Crippen LogP contribution in [0.15, 0.2) is 12.7 Å². The quantitative estimate of drug-likeness (QED) is 0.838. The molecule has 1 aromatic rings. The van der Waals surface area contributed by atoms with Crippen LogP contribution in [0.5, 0.6) is 0 Å². The van der Waals surface area contributed by atoms with Gasteiger partial charge in [0, 0.05) is 0 Å². The molecule has 0 bridgehead atoms. The lowest BCUT2D eigenvalue weighted by atomic mass is 10.3. The Bertz CT molecular complexity index is 446. The summed E-state index contributed by atoms with van der Waals surface area (Å²) in [6, 6.07) is -1.07. The van der Waals surface area contributed by atoms with Gasteiger partial charge in [0.25, 0.3) is 0 Å². The van der Waals surface area contributed by atoms with Gasteiger partial charge >= 0.3 is 12.1 Å². The smallest absolute Gasteiger partial charge is 0.406 e. The highest BCUT2D eigenvalue weighted by molar-refractivity contribution is 5.83. The van der Waals surface area contributed by atoms with Gasteiger partial charge in [0.1, 0.15) is 31.8 Å². The topological polar surface area (TPSA) is 88.3 Å². The SMILES string of the molecule is CC(C(=O)N(CC(=O)O)CC(F)(F)F)n1cncn1. The van der Waals surface area contributed by atoms with Crippen LogP contribution in [0.4, 0.5) is 13.2 Å². The molecule has 1 amide bonds. The van der Waals surface area contributed by atoms with E-state index in [9.17, 15) is 22.8 Å². The molecule has 1 N–H and O–H groups in total. The zero-order valence-electron chi connectivity index (χ0n) is 9.83. The van der Waals surface area contributed by atoms with Crippen LogP contribution in [0.2, 0.25) is 0 Å². The number of halogens is 3. The first-order valence-corrected chi connectivity index (χ1v) is 5.12. The Morgan fingerprint density at radius 2 is 2.11 bits per heavy atom. The molecule has 0 radical (unpaired) electrons. The molecule has 0 saturated heterocycles. The monoisotopic (exact) mass is 280 g/mol. The van der Waals surface area contributed by atoms with Gasteiger partial charge in [0.2, 0.25) is 5.91 Å². The third kappa shape index (κ3) is 4.56. The number of hydrogen-bond acceptors (Lipinski definition) is 4. The Labute approximate surface area is 105 Å². The lowest BCUT2D eigenvalue weighted by Gasteiger charge is -2.25. The van der Waals surface area contributed by atoms with Gasteiger partial charge in [-0.25, -0.2) is 9.67 Å². The molecule has 0 fully saturated rings. The van der Waals surface area contributed by atoms with Crippen molar-refractivity contribution < 1.29 is 27.9 Å². The van der Waals surface area contributed by atoms with Crippen molar-refractivity contribution in [1.29, 1.82) is 0 Å². The number of hydrogen-bond donors (Lipinski definition) is 1. The average Bonchev–Trinajstić information content (AvgIpc) is 2.76. The molecule has 1 unspecified atom stereocenters.